The Hall–Kier alpha value is -3.19. The molecule has 7 heteroatoms. The number of aryl methyl sites for hydroxylation is 2. The topological polar surface area (TPSA) is 81.1 Å². The van der Waals surface area contributed by atoms with Gasteiger partial charge in [-0.1, -0.05) is 12.1 Å². The van der Waals surface area contributed by atoms with E-state index in [4.69, 9.17) is 0 Å². The van der Waals surface area contributed by atoms with Gasteiger partial charge in [0.2, 0.25) is 0 Å². The third-order valence-electron chi connectivity index (χ3n) is 5.58. The first-order valence-electron chi connectivity index (χ1n) is 10.1. The molecule has 1 fully saturated rings. The molecule has 1 aliphatic rings. The zero-order valence-electron chi connectivity index (χ0n) is 18.1. The van der Waals surface area contributed by atoms with Gasteiger partial charge in [0.1, 0.15) is 17.3 Å². The van der Waals surface area contributed by atoms with E-state index in [1.54, 1.807) is 12.1 Å². The average molecular weight is 426 g/mol. The van der Waals surface area contributed by atoms with Crippen molar-refractivity contribution >= 4 is 17.4 Å². The van der Waals surface area contributed by atoms with Gasteiger partial charge in [-0.05, 0) is 81.9 Å². The number of amides is 1. The van der Waals surface area contributed by atoms with E-state index >= 15 is 0 Å². The molecule has 1 saturated heterocycles. The molecule has 0 unspecified atom stereocenters. The van der Waals surface area contributed by atoms with Crippen LogP contribution in [-0.4, -0.2) is 58.9 Å². The zero-order valence-corrected chi connectivity index (χ0v) is 18.1. The number of aliphatic hydroxyl groups is 1. The van der Waals surface area contributed by atoms with Crippen LogP contribution in [0, 0.1) is 19.7 Å². The van der Waals surface area contributed by atoms with Crippen molar-refractivity contribution in [3.8, 4) is 5.75 Å². The second-order valence-corrected chi connectivity index (χ2v) is 8.16. The lowest BCUT2D eigenvalue weighted by atomic mass is 9.93. The van der Waals surface area contributed by atoms with Gasteiger partial charge in [0.25, 0.3) is 11.7 Å². The van der Waals surface area contributed by atoms with Crippen LogP contribution < -0.4 is 0 Å². The summed E-state index contributed by atoms with van der Waals surface area (Å²) in [6, 6.07) is 7.76. The lowest BCUT2D eigenvalue weighted by Gasteiger charge is -2.26. The molecule has 0 radical (unpaired) electrons. The van der Waals surface area contributed by atoms with Crippen molar-refractivity contribution in [2.45, 2.75) is 26.3 Å². The number of phenolic OH excluding ortho intramolecular Hbond substituents is 1. The normalized spacial score (nSPS) is 18.3. The van der Waals surface area contributed by atoms with Crippen molar-refractivity contribution in [2.24, 2.45) is 0 Å². The van der Waals surface area contributed by atoms with Crippen LogP contribution in [-0.2, 0) is 9.59 Å². The molecule has 6 nitrogen and oxygen atoms in total. The molecule has 164 valence electrons. The van der Waals surface area contributed by atoms with Crippen LogP contribution >= 0.6 is 0 Å². The highest BCUT2D eigenvalue weighted by Gasteiger charge is 2.46. The summed E-state index contributed by atoms with van der Waals surface area (Å²) in [6.07, 6.45) is 0.598. The lowest BCUT2D eigenvalue weighted by Crippen LogP contribution is -2.32. The van der Waals surface area contributed by atoms with E-state index in [9.17, 15) is 24.2 Å². The summed E-state index contributed by atoms with van der Waals surface area (Å²) >= 11 is 0. The molecule has 1 atom stereocenters. The number of aromatic hydroxyl groups is 1. The van der Waals surface area contributed by atoms with Gasteiger partial charge < -0.3 is 20.0 Å². The molecule has 2 N–H and O–H groups in total. The summed E-state index contributed by atoms with van der Waals surface area (Å²) in [5.41, 5.74) is 1.92. The first-order chi connectivity index (χ1) is 14.6. The van der Waals surface area contributed by atoms with Crippen molar-refractivity contribution in [1.82, 2.24) is 9.80 Å². The minimum atomic E-state index is -0.945. The van der Waals surface area contributed by atoms with E-state index in [0.29, 0.717) is 18.5 Å². The minimum absolute atomic E-state index is 0.0656. The highest BCUT2D eigenvalue weighted by molar-refractivity contribution is 6.46. The molecule has 3 rings (SSSR count). The molecule has 0 saturated carbocycles. The summed E-state index contributed by atoms with van der Waals surface area (Å²) < 4.78 is 14.0. The molecule has 2 aromatic carbocycles. The van der Waals surface area contributed by atoms with Crippen molar-refractivity contribution in [1.29, 1.82) is 0 Å². The van der Waals surface area contributed by atoms with Crippen molar-refractivity contribution in [3.05, 3.63) is 70.0 Å². The van der Waals surface area contributed by atoms with Gasteiger partial charge in [0, 0.05) is 6.54 Å². The Balaban J connectivity index is 2.16. The van der Waals surface area contributed by atoms with Crippen LogP contribution in [0.25, 0.3) is 5.76 Å². The van der Waals surface area contributed by atoms with Gasteiger partial charge in [0.05, 0.1) is 17.2 Å². The van der Waals surface area contributed by atoms with Gasteiger partial charge in [-0.15, -0.1) is 0 Å². The highest BCUT2D eigenvalue weighted by Crippen LogP contribution is 2.41. The second kappa shape index (κ2) is 8.89. The number of nitrogens with zero attached hydrogens (tertiary/aromatic N) is 2. The van der Waals surface area contributed by atoms with E-state index in [1.165, 1.54) is 29.2 Å². The predicted molar refractivity (Wildman–Crippen MR) is 116 cm³/mol. The molecule has 1 amide bonds. The quantitative estimate of drug-likeness (QED) is 0.420. The molecule has 0 spiro atoms. The zero-order chi connectivity index (χ0) is 22.9. The minimum Gasteiger partial charge on any atom is -0.507 e. The molecule has 31 heavy (non-hydrogen) atoms. The third-order valence-corrected chi connectivity index (χ3v) is 5.58. The Bertz CT molecular complexity index is 1060. The molecule has 0 aromatic heterocycles. The summed E-state index contributed by atoms with van der Waals surface area (Å²) in [5, 5.41) is 21.5. The van der Waals surface area contributed by atoms with E-state index in [-0.39, 0.29) is 23.4 Å². The van der Waals surface area contributed by atoms with Crippen molar-refractivity contribution in [3.63, 3.8) is 0 Å². The predicted octanol–water partition coefficient (Wildman–Crippen LogP) is 3.52. The third kappa shape index (κ3) is 4.46. The van der Waals surface area contributed by atoms with Crippen LogP contribution in [0.3, 0.4) is 0 Å². The Morgan fingerprint density at radius 1 is 1.13 bits per heavy atom. The number of carbonyl (C=O) groups is 2. The summed E-state index contributed by atoms with van der Waals surface area (Å²) in [4.78, 5) is 29.2. The Kier molecular flexibility index (Phi) is 6.45. The largest absolute Gasteiger partial charge is 0.507 e. The number of benzene rings is 2. The van der Waals surface area contributed by atoms with E-state index in [2.05, 4.69) is 0 Å². The van der Waals surface area contributed by atoms with E-state index in [0.717, 1.165) is 11.1 Å². The van der Waals surface area contributed by atoms with Crippen LogP contribution in [0.15, 0.2) is 42.0 Å². The van der Waals surface area contributed by atoms with Crippen LogP contribution in [0.4, 0.5) is 4.39 Å². The van der Waals surface area contributed by atoms with E-state index < -0.39 is 29.3 Å². The number of hydrogen-bond acceptors (Lipinski definition) is 5. The van der Waals surface area contributed by atoms with Gasteiger partial charge >= 0.3 is 0 Å². The molecule has 2 aromatic rings. The SMILES string of the molecule is Cc1cc(O)c(C(O)=C2C(=O)C(=O)N(CCCN(C)C)[C@H]2c2cccc(F)c2)cc1C. The number of hydrogen-bond donors (Lipinski definition) is 2. The molecular weight excluding hydrogens is 399 g/mol. The monoisotopic (exact) mass is 426 g/mol. The molecular formula is C24H27FN2O4. The fraction of sp³-hybridized carbons (Fsp3) is 0.333. The fourth-order valence-corrected chi connectivity index (χ4v) is 3.83. The standard InChI is InChI=1S/C24H27FN2O4/c1-14-11-18(19(28)12-15(14)2)22(29)20-21(16-7-5-8-17(25)13-16)27(24(31)23(20)30)10-6-9-26(3)4/h5,7-8,11-13,21,28-29H,6,9-10H2,1-4H3/t21-/m0/s1. The Morgan fingerprint density at radius 2 is 1.81 bits per heavy atom. The van der Waals surface area contributed by atoms with Gasteiger partial charge in [0.15, 0.2) is 0 Å². The van der Waals surface area contributed by atoms with E-state index in [1.807, 2.05) is 32.8 Å². The average Bonchev–Trinajstić information content (AvgIpc) is 2.95. The number of Topliss-reactive ketones (excluding diaryl/α,β-unsaturated/α-hetero) is 1. The summed E-state index contributed by atoms with van der Waals surface area (Å²) in [7, 11) is 3.81. The number of rotatable bonds is 6. The smallest absolute Gasteiger partial charge is 0.295 e. The van der Waals surface area contributed by atoms with Crippen LogP contribution in [0.2, 0.25) is 0 Å². The fourth-order valence-electron chi connectivity index (χ4n) is 3.83. The lowest BCUT2D eigenvalue weighted by molar-refractivity contribution is -0.139. The first-order valence-corrected chi connectivity index (χ1v) is 10.1. The van der Waals surface area contributed by atoms with Crippen LogP contribution in [0.1, 0.15) is 34.7 Å². The number of carbonyl (C=O) groups excluding carboxylic acids is 2. The molecule has 1 aliphatic heterocycles. The molecule has 0 aliphatic carbocycles. The summed E-state index contributed by atoms with van der Waals surface area (Å²) in [6.45, 7) is 4.58. The number of likely N-dealkylation sites (tertiary alicyclic amines) is 1. The maximum atomic E-state index is 14.0. The Morgan fingerprint density at radius 3 is 2.45 bits per heavy atom. The Labute approximate surface area is 181 Å². The number of halogens is 1. The summed E-state index contributed by atoms with van der Waals surface area (Å²) in [5.74, 6) is -2.78. The highest BCUT2D eigenvalue weighted by atomic mass is 19.1. The van der Waals surface area contributed by atoms with Gasteiger partial charge in [-0.2, -0.15) is 0 Å². The van der Waals surface area contributed by atoms with Crippen molar-refractivity contribution < 1.29 is 24.2 Å². The molecule has 0 bridgehead atoms. The van der Waals surface area contributed by atoms with Crippen molar-refractivity contribution in [2.75, 3.05) is 27.2 Å². The van der Waals surface area contributed by atoms with Gasteiger partial charge in [-0.25, -0.2) is 4.39 Å². The maximum absolute atomic E-state index is 14.0. The first kappa shape index (κ1) is 22.5. The number of aliphatic hydroxyl groups excluding tert-OH is 1. The second-order valence-electron chi connectivity index (χ2n) is 8.16. The number of ketones is 1. The number of phenols is 1. The maximum Gasteiger partial charge on any atom is 0.295 e. The van der Waals surface area contributed by atoms with Gasteiger partial charge in [-0.3, -0.25) is 9.59 Å². The van der Waals surface area contributed by atoms with Crippen LogP contribution in [0.5, 0.6) is 5.75 Å². The molecule has 1 heterocycles.